The van der Waals surface area contributed by atoms with Crippen LogP contribution in [0.5, 0.6) is 0 Å². The van der Waals surface area contributed by atoms with E-state index in [-0.39, 0.29) is 11.4 Å². The molecule has 1 N–H and O–H groups in total. The van der Waals surface area contributed by atoms with Crippen molar-refractivity contribution in [1.29, 1.82) is 0 Å². The lowest BCUT2D eigenvalue weighted by Crippen LogP contribution is -2.19. The Hall–Kier alpha value is -2.76. The average Bonchev–Trinajstić information content (AvgIpc) is 3.09. The fourth-order valence-corrected chi connectivity index (χ4v) is 2.68. The first-order valence-electron chi connectivity index (χ1n) is 7.77. The first-order chi connectivity index (χ1) is 11.6. The number of halogens is 2. The number of hydrogen-bond acceptors (Lipinski definition) is 3. The van der Waals surface area contributed by atoms with Crippen LogP contribution in [0, 0.1) is 11.6 Å². The third-order valence-electron chi connectivity index (χ3n) is 3.89. The number of benzene rings is 2. The summed E-state index contributed by atoms with van der Waals surface area (Å²) in [6.45, 7) is 1.74. The number of hydrazone groups is 1. The summed E-state index contributed by atoms with van der Waals surface area (Å²) in [6, 6.07) is 10.1. The second-order valence-corrected chi connectivity index (χ2v) is 5.61. The van der Waals surface area contributed by atoms with Gasteiger partial charge in [0.05, 0.1) is 11.9 Å². The molecule has 1 aliphatic rings. The van der Waals surface area contributed by atoms with Crippen LogP contribution < -0.4 is 10.3 Å². The van der Waals surface area contributed by atoms with Gasteiger partial charge in [-0.25, -0.2) is 14.2 Å². The third kappa shape index (κ3) is 3.76. The maximum absolute atomic E-state index is 14.2. The van der Waals surface area contributed by atoms with Crippen LogP contribution in [-0.4, -0.2) is 25.2 Å². The maximum atomic E-state index is 14.2. The predicted octanol–water partition coefficient (Wildman–Crippen LogP) is 3.33. The van der Waals surface area contributed by atoms with Crippen molar-refractivity contribution in [2.45, 2.75) is 12.8 Å². The minimum absolute atomic E-state index is 0.169. The van der Waals surface area contributed by atoms with Crippen LogP contribution in [0.15, 0.2) is 47.6 Å². The van der Waals surface area contributed by atoms with Crippen LogP contribution in [0.4, 0.5) is 14.5 Å². The molecule has 0 aromatic heterocycles. The molecule has 0 aliphatic carbocycles. The highest BCUT2D eigenvalue weighted by molar-refractivity contribution is 5.94. The van der Waals surface area contributed by atoms with Crippen molar-refractivity contribution in [2.24, 2.45) is 5.10 Å². The van der Waals surface area contributed by atoms with Gasteiger partial charge in [0.2, 0.25) is 0 Å². The van der Waals surface area contributed by atoms with Crippen molar-refractivity contribution >= 4 is 17.8 Å². The van der Waals surface area contributed by atoms with E-state index in [0.29, 0.717) is 11.3 Å². The minimum Gasteiger partial charge on any atom is -0.369 e. The summed E-state index contributed by atoms with van der Waals surface area (Å²) in [4.78, 5) is 13.8. The van der Waals surface area contributed by atoms with Gasteiger partial charge in [-0.05, 0) is 48.7 Å². The van der Waals surface area contributed by atoms with E-state index in [4.69, 9.17) is 0 Å². The highest BCUT2D eigenvalue weighted by Gasteiger charge is 2.15. The molecule has 1 saturated heterocycles. The highest BCUT2D eigenvalue weighted by atomic mass is 19.1. The number of nitrogens with zero attached hydrogens (tertiary/aromatic N) is 2. The first kappa shape index (κ1) is 16.1. The predicted molar refractivity (Wildman–Crippen MR) is 89.3 cm³/mol. The molecule has 24 heavy (non-hydrogen) atoms. The van der Waals surface area contributed by atoms with Crippen LogP contribution in [0.25, 0.3) is 0 Å². The first-order valence-corrected chi connectivity index (χ1v) is 7.77. The highest BCUT2D eigenvalue weighted by Crippen LogP contribution is 2.23. The third-order valence-corrected chi connectivity index (χ3v) is 3.89. The van der Waals surface area contributed by atoms with E-state index in [2.05, 4.69) is 10.5 Å². The zero-order chi connectivity index (χ0) is 16.9. The fraction of sp³-hybridized carbons (Fsp3) is 0.222. The van der Waals surface area contributed by atoms with Crippen LogP contribution in [0.1, 0.15) is 28.8 Å². The molecule has 1 aliphatic heterocycles. The van der Waals surface area contributed by atoms with Crippen molar-refractivity contribution in [3.8, 4) is 0 Å². The maximum Gasteiger partial charge on any atom is 0.271 e. The van der Waals surface area contributed by atoms with E-state index in [1.165, 1.54) is 30.5 Å². The average molecular weight is 329 g/mol. The lowest BCUT2D eigenvalue weighted by atomic mass is 10.2. The van der Waals surface area contributed by atoms with Crippen molar-refractivity contribution in [3.63, 3.8) is 0 Å². The summed E-state index contributed by atoms with van der Waals surface area (Å²) in [5.74, 6) is -1.33. The molecular weight excluding hydrogens is 312 g/mol. The van der Waals surface area contributed by atoms with Crippen molar-refractivity contribution in [2.75, 3.05) is 18.0 Å². The van der Waals surface area contributed by atoms with Gasteiger partial charge in [-0.3, -0.25) is 4.79 Å². The molecule has 2 aromatic rings. The Labute approximate surface area is 138 Å². The van der Waals surface area contributed by atoms with Gasteiger partial charge in [0.1, 0.15) is 11.6 Å². The summed E-state index contributed by atoms with van der Waals surface area (Å²) in [5, 5.41) is 3.79. The summed E-state index contributed by atoms with van der Waals surface area (Å²) in [5.41, 5.74) is 3.59. The van der Waals surface area contributed by atoms with Crippen LogP contribution >= 0.6 is 0 Å². The standard InChI is InChI=1S/C18H17F2N3O/c19-15-5-3-4-14(11-15)18(24)22-21-12-13-6-7-17(16(20)10-13)23-8-1-2-9-23/h3-7,10-12H,1-2,8-9H2,(H,22,24)/b21-12-. The monoisotopic (exact) mass is 329 g/mol. The van der Waals surface area contributed by atoms with Crippen LogP contribution in [0.2, 0.25) is 0 Å². The SMILES string of the molecule is O=C(N/N=C\c1ccc(N2CCCC2)c(F)c1)c1cccc(F)c1. The van der Waals surface area contributed by atoms with E-state index in [0.717, 1.165) is 32.0 Å². The summed E-state index contributed by atoms with van der Waals surface area (Å²) < 4.78 is 27.2. The van der Waals surface area contributed by atoms with Crippen molar-refractivity contribution < 1.29 is 13.6 Å². The fourth-order valence-electron chi connectivity index (χ4n) is 2.68. The van der Waals surface area contributed by atoms with E-state index < -0.39 is 11.7 Å². The lowest BCUT2D eigenvalue weighted by Gasteiger charge is -2.18. The molecule has 0 unspecified atom stereocenters. The molecule has 6 heteroatoms. The molecule has 1 amide bonds. The number of carbonyl (C=O) groups excluding carboxylic acids is 1. The Morgan fingerprint density at radius 1 is 1.12 bits per heavy atom. The van der Waals surface area contributed by atoms with Gasteiger partial charge < -0.3 is 4.90 Å². The molecule has 3 rings (SSSR count). The quantitative estimate of drug-likeness (QED) is 0.691. The van der Waals surface area contributed by atoms with Gasteiger partial charge in [0, 0.05) is 18.7 Å². The normalized spacial score (nSPS) is 14.3. The van der Waals surface area contributed by atoms with E-state index >= 15 is 0 Å². The van der Waals surface area contributed by atoms with Crippen LogP contribution in [0.3, 0.4) is 0 Å². The summed E-state index contributed by atoms with van der Waals surface area (Å²) >= 11 is 0. The molecule has 4 nitrogen and oxygen atoms in total. The molecular formula is C18H17F2N3O. The van der Waals surface area contributed by atoms with Crippen LogP contribution in [-0.2, 0) is 0 Å². The van der Waals surface area contributed by atoms with Crippen molar-refractivity contribution in [1.82, 2.24) is 5.43 Å². The van der Waals surface area contributed by atoms with E-state index in [1.807, 2.05) is 4.90 Å². The Morgan fingerprint density at radius 3 is 2.62 bits per heavy atom. The van der Waals surface area contributed by atoms with Gasteiger partial charge >= 0.3 is 0 Å². The summed E-state index contributed by atoms with van der Waals surface area (Å²) in [6.07, 6.45) is 3.51. The smallest absolute Gasteiger partial charge is 0.271 e. The molecule has 0 spiro atoms. The number of amides is 1. The number of nitrogens with one attached hydrogen (secondary N) is 1. The topological polar surface area (TPSA) is 44.7 Å². The molecule has 0 bridgehead atoms. The Balaban J connectivity index is 1.64. The van der Waals surface area contributed by atoms with Crippen molar-refractivity contribution in [3.05, 3.63) is 65.2 Å². The molecule has 1 fully saturated rings. The summed E-state index contributed by atoms with van der Waals surface area (Å²) in [7, 11) is 0. The van der Waals surface area contributed by atoms with Gasteiger partial charge in [-0.2, -0.15) is 5.10 Å². The molecule has 0 radical (unpaired) electrons. The second-order valence-electron chi connectivity index (χ2n) is 5.61. The van der Waals surface area contributed by atoms with Gasteiger partial charge in [-0.15, -0.1) is 0 Å². The van der Waals surface area contributed by atoms with E-state index in [1.54, 1.807) is 12.1 Å². The number of anilines is 1. The molecule has 1 heterocycles. The number of rotatable bonds is 4. The van der Waals surface area contributed by atoms with E-state index in [9.17, 15) is 13.6 Å². The van der Waals surface area contributed by atoms with Gasteiger partial charge in [0.15, 0.2) is 0 Å². The molecule has 0 saturated carbocycles. The largest absolute Gasteiger partial charge is 0.369 e. The number of hydrogen-bond donors (Lipinski definition) is 1. The Kier molecular flexibility index (Phi) is 4.84. The number of carbonyl (C=O) groups is 1. The zero-order valence-electron chi connectivity index (χ0n) is 13.0. The lowest BCUT2D eigenvalue weighted by molar-refractivity contribution is 0.0954. The Morgan fingerprint density at radius 2 is 1.92 bits per heavy atom. The zero-order valence-corrected chi connectivity index (χ0v) is 13.0. The molecule has 124 valence electrons. The molecule has 0 atom stereocenters. The van der Waals surface area contributed by atoms with Gasteiger partial charge in [0.25, 0.3) is 5.91 Å². The Bertz CT molecular complexity index is 771. The molecule has 2 aromatic carbocycles. The van der Waals surface area contributed by atoms with Gasteiger partial charge in [-0.1, -0.05) is 12.1 Å². The minimum atomic E-state index is -0.528. The second kappa shape index (κ2) is 7.21.